The first-order valence-electron chi connectivity index (χ1n) is 6.32. The molecule has 0 aromatic heterocycles. The Morgan fingerprint density at radius 2 is 2.28 bits per heavy atom. The van der Waals surface area contributed by atoms with Crippen LogP contribution in [-0.2, 0) is 0 Å². The Morgan fingerprint density at radius 1 is 1.44 bits per heavy atom. The number of nitro groups is 1. The molecule has 2 rings (SSSR count). The molecule has 1 aromatic rings. The zero-order chi connectivity index (χ0) is 13.0. The average molecular weight is 246 g/mol. The molecular weight excluding hydrogens is 228 g/mol. The van der Waals surface area contributed by atoms with Crippen LogP contribution in [0.5, 0.6) is 0 Å². The van der Waals surface area contributed by atoms with Crippen LogP contribution in [0, 0.1) is 10.1 Å². The third-order valence-corrected chi connectivity index (χ3v) is 3.34. The predicted octanol–water partition coefficient (Wildman–Crippen LogP) is 3.35. The molecule has 0 fully saturated rings. The first-order chi connectivity index (χ1) is 8.66. The van der Waals surface area contributed by atoms with E-state index < -0.39 is 0 Å². The van der Waals surface area contributed by atoms with Gasteiger partial charge in [-0.25, -0.2) is 0 Å². The molecule has 0 saturated heterocycles. The minimum Gasteiger partial charge on any atom is -0.307 e. The quantitative estimate of drug-likeness (QED) is 0.503. The highest BCUT2D eigenvalue weighted by molar-refractivity contribution is 5.35. The van der Waals surface area contributed by atoms with E-state index in [2.05, 4.69) is 24.4 Å². The highest BCUT2D eigenvalue weighted by Crippen LogP contribution is 2.21. The Labute approximate surface area is 107 Å². The third-order valence-electron chi connectivity index (χ3n) is 3.34. The molecule has 4 nitrogen and oxygen atoms in total. The van der Waals surface area contributed by atoms with Crippen LogP contribution in [-0.4, -0.2) is 11.0 Å². The maximum Gasteiger partial charge on any atom is 0.269 e. The largest absolute Gasteiger partial charge is 0.307 e. The summed E-state index contributed by atoms with van der Waals surface area (Å²) in [5.74, 6) is 0. The summed E-state index contributed by atoms with van der Waals surface area (Å²) >= 11 is 0. The van der Waals surface area contributed by atoms with Crippen molar-refractivity contribution in [2.45, 2.75) is 38.3 Å². The van der Waals surface area contributed by atoms with E-state index in [1.165, 1.54) is 6.07 Å². The maximum absolute atomic E-state index is 10.7. The number of non-ortho nitro benzene ring substituents is 1. The summed E-state index contributed by atoms with van der Waals surface area (Å²) in [5.41, 5.74) is 1.13. The fraction of sp³-hybridized carbons (Fsp3) is 0.429. The molecule has 2 atom stereocenters. The van der Waals surface area contributed by atoms with Gasteiger partial charge >= 0.3 is 0 Å². The molecule has 1 aliphatic rings. The van der Waals surface area contributed by atoms with Gasteiger partial charge < -0.3 is 5.32 Å². The number of nitrogens with zero attached hydrogens (tertiary/aromatic N) is 1. The summed E-state index contributed by atoms with van der Waals surface area (Å²) < 4.78 is 0. The number of hydrogen-bond donors (Lipinski definition) is 1. The number of nitro benzene ring substituents is 1. The monoisotopic (exact) mass is 246 g/mol. The van der Waals surface area contributed by atoms with Gasteiger partial charge in [-0.15, -0.1) is 0 Å². The van der Waals surface area contributed by atoms with Crippen LogP contribution in [0.4, 0.5) is 5.69 Å². The summed E-state index contributed by atoms with van der Waals surface area (Å²) in [6, 6.07) is 7.47. The third kappa shape index (κ3) is 3.17. The standard InChI is InChI=1S/C14H18N2O2/c1-11(15-13-7-3-2-4-8-13)12-6-5-9-14(10-12)16(17)18/h2-3,5-6,9-11,13,15H,4,7-8H2,1H3. The fourth-order valence-electron chi connectivity index (χ4n) is 2.30. The number of nitrogens with one attached hydrogen (secondary N) is 1. The van der Waals surface area contributed by atoms with Gasteiger partial charge in [0.2, 0.25) is 0 Å². The molecule has 0 aliphatic heterocycles. The summed E-state index contributed by atoms with van der Waals surface area (Å²) in [6.07, 6.45) is 7.69. The Kier molecular flexibility index (Phi) is 4.10. The van der Waals surface area contributed by atoms with Crippen molar-refractivity contribution in [3.63, 3.8) is 0 Å². The second-order valence-corrected chi connectivity index (χ2v) is 4.72. The Bertz CT molecular complexity index is 457. The number of allylic oxidation sites excluding steroid dienone is 1. The first-order valence-corrected chi connectivity index (χ1v) is 6.32. The lowest BCUT2D eigenvalue weighted by molar-refractivity contribution is -0.384. The molecule has 0 heterocycles. The van der Waals surface area contributed by atoms with Crippen LogP contribution in [0.3, 0.4) is 0 Å². The lowest BCUT2D eigenvalue weighted by Crippen LogP contribution is -2.32. The summed E-state index contributed by atoms with van der Waals surface area (Å²) in [6.45, 7) is 2.05. The van der Waals surface area contributed by atoms with Gasteiger partial charge in [0.05, 0.1) is 4.92 Å². The second-order valence-electron chi connectivity index (χ2n) is 4.72. The molecule has 0 spiro atoms. The van der Waals surface area contributed by atoms with Crippen molar-refractivity contribution in [2.24, 2.45) is 0 Å². The molecule has 1 aliphatic carbocycles. The van der Waals surface area contributed by atoms with E-state index in [0.29, 0.717) is 6.04 Å². The van der Waals surface area contributed by atoms with Crippen molar-refractivity contribution in [1.29, 1.82) is 0 Å². The zero-order valence-corrected chi connectivity index (χ0v) is 10.5. The van der Waals surface area contributed by atoms with Crippen molar-refractivity contribution in [2.75, 3.05) is 0 Å². The van der Waals surface area contributed by atoms with Crippen molar-refractivity contribution >= 4 is 5.69 Å². The van der Waals surface area contributed by atoms with Crippen LogP contribution in [0.25, 0.3) is 0 Å². The number of rotatable bonds is 4. The van der Waals surface area contributed by atoms with Gasteiger partial charge in [-0.05, 0) is 31.7 Å². The molecule has 4 heteroatoms. The van der Waals surface area contributed by atoms with Crippen molar-refractivity contribution in [3.05, 3.63) is 52.1 Å². The van der Waals surface area contributed by atoms with Gasteiger partial charge in [0, 0.05) is 24.2 Å². The molecule has 0 amide bonds. The highest BCUT2D eigenvalue weighted by atomic mass is 16.6. The lowest BCUT2D eigenvalue weighted by atomic mass is 9.99. The normalized spacial score (nSPS) is 20.6. The molecule has 2 unspecified atom stereocenters. The van der Waals surface area contributed by atoms with E-state index in [1.807, 2.05) is 6.07 Å². The molecular formula is C14H18N2O2. The summed E-state index contributed by atoms with van der Waals surface area (Å²) in [5, 5.41) is 14.3. The molecule has 96 valence electrons. The van der Waals surface area contributed by atoms with Crippen LogP contribution < -0.4 is 5.32 Å². The Balaban J connectivity index is 2.03. The van der Waals surface area contributed by atoms with Crippen LogP contribution in [0.15, 0.2) is 36.4 Å². The molecule has 18 heavy (non-hydrogen) atoms. The molecule has 0 radical (unpaired) electrons. The van der Waals surface area contributed by atoms with Crippen molar-refractivity contribution < 1.29 is 4.92 Å². The van der Waals surface area contributed by atoms with E-state index >= 15 is 0 Å². The van der Waals surface area contributed by atoms with E-state index in [9.17, 15) is 10.1 Å². The van der Waals surface area contributed by atoms with Gasteiger partial charge in [0.15, 0.2) is 0 Å². The number of hydrogen-bond acceptors (Lipinski definition) is 3. The SMILES string of the molecule is CC(NC1CC=CCC1)c1cccc([N+](=O)[O-])c1. The van der Waals surface area contributed by atoms with Gasteiger partial charge in [-0.1, -0.05) is 24.3 Å². The maximum atomic E-state index is 10.7. The van der Waals surface area contributed by atoms with Gasteiger partial charge in [0.25, 0.3) is 5.69 Å². The summed E-state index contributed by atoms with van der Waals surface area (Å²) in [7, 11) is 0. The molecule has 0 bridgehead atoms. The average Bonchev–Trinajstić information content (AvgIpc) is 2.40. The van der Waals surface area contributed by atoms with Gasteiger partial charge in [0.1, 0.15) is 0 Å². The van der Waals surface area contributed by atoms with E-state index in [0.717, 1.165) is 24.8 Å². The fourth-order valence-corrected chi connectivity index (χ4v) is 2.30. The van der Waals surface area contributed by atoms with E-state index in [1.54, 1.807) is 12.1 Å². The van der Waals surface area contributed by atoms with Gasteiger partial charge in [-0.2, -0.15) is 0 Å². The van der Waals surface area contributed by atoms with Crippen LogP contribution in [0.2, 0.25) is 0 Å². The second kappa shape index (κ2) is 5.78. The van der Waals surface area contributed by atoms with Crippen molar-refractivity contribution in [3.8, 4) is 0 Å². The van der Waals surface area contributed by atoms with E-state index in [4.69, 9.17) is 0 Å². The molecule has 0 saturated carbocycles. The Morgan fingerprint density at radius 3 is 2.94 bits per heavy atom. The highest BCUT2D eigenvalue weighted by Gasteiger charge is 2.15. The van der Waals surface area contributed by atoms with Crippen LogP contribution in [0.1, 0.15) is 37.8 Å². The lowest BCUT2D eigenvalue weighted by Gasteiger charge is -2.24. The number of benzene rings is 1. The molecule has 1 aromatic carbocycles. The minimum absolute atomic E-state index is 0.140. The smallest absolute Gasteiger partial charge is 0.269 e. The summed E-state index contributed by atoms with van der Waals surface area (Å²) in [4.78, 5) is 10.4. The van der Waals surface area contributed by atoms with Crippen LogP contribution >= 0.6 is 0 Å². The van der Waals surface area contributed by atoms with E-state index in [-0.39, 0.29) is 16.7 Å². The zero-order valence-electron chi connectivity index (χ0n) is 10.5. The van der Waals surface area contributed by atoms with Gasteiger partial charge in [-0.3, -0.25) is 10.1 Å². The van der Waals surface area contributed by atoms with Crippen molar-refractivity contribution in [1.82, 2.24) is 5.32 Å². The Hall–Kier alpha value is -1.68. The predicted molar refractivity (Wildman–Crippen MR) is 71.4 cm³/mol. The minimum atomic E-state index is -0.348. The topological polar surface area (TPSA) is 55.2 Å². The molecule has 1 N–H and O–H groups in total. The first kappa shape index (κ1) is 12.8.